The summed E-state index contributed by atoms with van der Waals surface area (Å²) in [6.07, 6.45) is 3.15. The van der Waals surface area contributed by atoms with E-state index in [1.165, 1.54) is 4.88 Å². The molecule has 3 rings (SSSR count). The Morgan fingerprint density at radius 2 is 2.35 bits per heavy atom. The molecule has 1 aliphatic rings. The number of hydrogen-bond acceptors (Lipinski definition) is 6. The Labute approximate surface area is 122 Å². The molecule has 1 saturated heterocycles. The molecule has 1 aliphatic heterocycles. The second kappa shape index (κ2) is 5.54. The molecule has 20 heavy (non-hydrogen) atoms. The van der Waals surface area contributed by atoms with Crippen molar-refractivity contribution in [2.45, 2.75) is 32.2 Å². The van der Waals surface area contributed by atoms with E-state index < -0.39 is 0 Å². The Kier molecular flexibility index (Phi) is 3.76. The van der Waals surface area contributed by atoms with Gasteiger partial charge in [-0.15, -0.1) is 11.3 Å². The number of aliphatic hydroxyl groups is 1. The first-order chi connectivity index (χ1) is 9.76. The highest BCUT2D eigenvalue weighted by Crippen LogP contribution is 2.35. The normalized spacial score (nSPS) is 18.9. The second-order valence-electron chi connectivity index (χ2n) is 5.08. The third-order valence-corrected chi connectivity index (χ3v) is 5.03. The summed E-state index contributed by atoms with van der Waals surface area (Å²) in [6, 6.07) is 2.38. The minimum Gasteiger partial charge on any atom is -0.394 e. The fourth-order valence-electron chi connectivity index (χ4n) is 2.77. The van der Waals surface area contributed by atoms with Crippen LogP contribution in [0.25, 0.3) is 10.2 Å². The summed E-state index contributed by atoms with van der Waals surface area (Å²) in [4.78, 5) is 13.8. The first-order valence-corrected chi connectivity index (χ1v) is 7.94. The minimum atomic E-state index is 0.183. The molecule has 2 N–H and O–H groups in total. The van der Waals surface area contributed by atoms with Gasteiger partial charge in [-0.25, -0.2) is 4.98 Å². The highest BCUT2D eigenvalue weighted by Gasteiger charge is 2.27. The first-order valence-electron chi connectivity index (χ1n) is 7.12. The van der Waals surface area contributed by atoms with Gasteiger partial charge in [-0.1, -0.05) is 6.92 Å². The molecule has 0 spiro atoms. The zero-order valence-corrected chi connectivity index (χ0v) is 12.7. The van der Waals surface area contributed by atoms with E-state index >= 15 is 0 Å². The molecule has 1 fully saturated rings. The molecule has 0 radical (unpaired) electrons. The van der Waals surface area contributed by atoms with Crippen LogP contribution in [0.2, 0.25) is 0 Å². The number of aliphatic hydroxyl groups excluding tert-OH is 1. The van der Waals surface area contributed by atoms with E-state index in [0.717, 1.165) is 41.8 Å². The SMILES string of the molecule is CCc1cc2c(N3CCCC3CO)nc(NC)nc2s1. The van der Waals surface area contributed by atoms with Crippen molar-refractivity contribution in [1.29, 1.82) is 0 Å². The maximum atomic E-state index is 9.55. The molecule has 108 valence electrons. The van der Waals surface area contributed by atoms with E-state index in [4.69, 9.17) is 0 Å². The van der Waals surface area contributed by atoms with E-state index in [2.05, 4.69) is 33.2 Å². The maximum absolute atomic E-state index is 9.55. The largest absolute Gasteiger partial charge is 0.394 e. The average Bonchev–Trinajstić information content (AvgIpc) is 3.11. The number of fused-ring (bicyclic) bond motifs is 1. The molecule has 2 aromatic rings. The first kappa shape index (κ1) is 13.6. The van der Waals surface area contributed by atoms with E-state index in [-0.39, 0.29) is 12.6 Å². The molecule has 1 atom stereocenters. The van der Waals surface area contributed by atoms with Gasteiger partial charge in [0, 0.05) is 18.5 Å². The topological polar surface area (TPSA) is 61.3 Å². The number of thiophene rings is 1. The Balaban J connectivity index is 2.14. The fraction of sp³-hybridized carbons (Fsp3) is 0.571. The van der Waals surface area contributed by atoms with Crippen LogP contribution in [0.15, 0.2) is 6.07 Å². The van der Waals surface area contributed by atoms with Crippen LogP contribution in [-0.2, 0) is 6.42 Å². The van der Waals surface area contributed by atoms with Crippen LogP contribution in [0.5, 0.6) is 0 Å². The number of aryl methyl sites for hydroxylation is 1. The lowest BCUT2D eigenvalue weighted by Gasteiger charge is -2.25. The summed E-state index contributed by atoms with van der Waals surface area (Å²) in [6.45, 7) is 3.30. The average molecular weight is 292 g/mol. The van der Waals surface area contributed by atoms with Gasteiger partial charge in [-0.3, -0.25) is 0 Å². The maximum Gasteiger partial charge on any atom is 0.225 e. The lowest BCUT2D eigenvalue weighted by atomic mass is 10.2. The third kappa shape index (κ3) is 2.23. The van der Waals surface area contributed by atoms with Crippen molar-refractivity contribution in [3.63, 3.8) is 0 Å². The highest BCUT2D eigenvalue weighted by molar-refractivity contribution is 7.18. The summed E-state index contributed by atoms with van der Waals surface area (Å²) in [5.74, 6) is 1.62. The van der Waals surface area contributed by atoms with Gasteiger partial charge in [0.2, 0.25) is 5.95 Å². The lowest BCUT2D eigenvalue weighted by Crippen LogP contribution is -2.33. The van der Waals surface area contributed by atoms with Crippen molar-refractivity contribution in [3.05, 3.63) is 10.9 Å². The van der Waals surface area contributed by atoms with Crippen molar-refractivity contribution in [1.82, 2.24) is 9.97 Å². The van der Waals surface area contributed by atoms with Crippen LogP contribution in [-0.4, -0.2) is 41.3 Å². The number of aromatic nitrogens is 2. The van der Waals surface area contributed by atoms with Crippen molar-refractivity contribution >= 4 is 33.3 Å². The van der Waals surface area contributed by atoms with Crippen molar-refractivity contribution in [3.8, 4) is 0 Å². The number of nitrogens with one attached hydrogen (secondary N) is 1. The van der Waals surface area contributed by atoms with Gasteiger partial charge in [0.1, 0.15) is 10.6 Å². The van der Waals surface area contributed by atoms with Gasteiger partial charge in [-0.2, -0.15) is 4.98 Å². The molecular weight excluding hydrogens is 272 g/mol. The van der Waals surface area contributed by atoms with Crippen molar-refractivity contribution in [2.75, 3.05) is 30.4 Å². The number of anilines is 2. The van der Waals surface area contributed by atoms with E-state index in [1.54, 1.807) is 11.3 Å². The molecule has 3 heterocycles. The lowest BCUT2D eigenvalue weighted by molar-refractivity contribution is 0.266. The van der Waals surface area contributed by atoms with Gasteiger partial charge >= 0.3 is 0 Å². The van der Waals surface area contributed by atoms with Gasteiger partial charge in [-0.05, 0) is 25.3 Å². The van der Waals surface area contributed by atoms with Crippen LogP contribution < -0.4 is 10.2 Å². The number of hydrogen-bond donors (Lipinski definition) is 2. The summed E-state index contributed by atoms with van der Waals surface area (Å²) in [7, 11) is 1.84. The zero-order chi connectivity index (χ0) is 14.1. The van der Waals surface area contributed by atoms with Gasteiger partial charge in [0.05, 0.1) is 18.0 Å². The molecule has 0 aromatic carbocycles. The van der Waals surface area contributed by atoms with Crippen LogP contribution in [0.3, 0.4) is 0 Å². The second-order valence-corrected chi connectivity index (χ2v) is 6.19. The van der Waals surface area contributed by atoms with Gasteiger partial charge in [0.15, 0.2) is 0 Å². The summed E-state index contributed by atoms with van der Waals surface area (Å²) in [5.41, 5.74) is 0. The van der Waals surface area contributed by atoms with Crippen LogP contribution in [0, 0.1) is 0 Å². The highest BCUT2D eigenvalue weighted by atomic mass is 32.1. The molecule has 0 saturated carbocycles. The third-order valence-electron chi connectivity index (χ3n) is 3.86. The summed E-state index contributed by atoms with van der Waals surface area (Å²) in [5, 5.41) is 13.7. The Bertz CT molecular complexity index is 612. The molecular formula is C14H20N4OS. The summed E-state index contributed by atoms with van der Waals surface area (Å²) >= 11 is 1.73. The van der Waals surface area contributed by atoms with E-state index in [0.29, 0.717) is 5.95 Å². The predicted octanol–water partition coefficient (Wildman–Crippen LogP) is 2.26. The van der Waals surface area contributed by atoms with Crippen LogP contribution >= 0.6 is 11.3 Å². The molecule has 0 amide bonds. The number of rotatable bonds is 4. The van der Waals surface area contributed by atoms with E-state index in [9.17, 15) is 5.11 Å². The molecule has 5 nitrogen and oxygen atoms in total. The molecule has 0 bridgehead atoms. The molecule has 6 heteroatoms. The Hall–Kier alpha value is -1.40. The monoisotopic (exact) mass is 292 g/mol. The van der Waals surface area contributed by atoms with E-state index in [1.807, 2.05) is 7.05 Å². The van der Waals surface area contributed by atoms with Crippen LogP contribution in [0.1, 0.15) is 24.6 Å². The Morgan fingerprint density at radius 3 is 3.05 bits per heavy atom. The van der Waals surface area contributed by atoms with Gasteiger partial charge < -0.3 is 15.3 Å². The standard InChI is InChI=1S/C14H20N4OS/c1-3-10-7-11-12(18-6-4-5-9(18)8-19)16-14(15-2)17-13(11)20-10/h7,9,19H,3-6,8H2,1-2H3,(H,15,16,17). The zero-order valence-electron chi connectivity index (χ0n) is 11.9. The fourth-order valence-corrected chi connectivity index (χ4v) is 3.73. The molecule has 0 aliphatic carbocycles. The van der Waals surface area contributed by atoms with Crippen molar-refractivity contribution in [2.24, 2.45) is 0 Å². The summed E-state index contributed by atoms with van der Waals surface area (Å²) < 4.78 is 0. The molecule has 2 aromatic heterocycles. The van der Waals surface area contributed by atoms with Crippen molar-refractivity contribution < 1.29 is 5.11 Å². The minimum absolute atomic E-state index is 0.183. The molecule has 1 unspecified atom stereocenters. The Morgan fingerprint density at radius 1 is 1.50 bits per heavy atom. The van der Waals surface area contributed by atoms with Gasteiger partial charge in [0.25, 0.3) is 0 Å². The quantitative estimate of drug-likeness (QED) is 0.905. The smallest absolute Gasteiger partial charge is 0.225 e. The van der Waals surface area contributed by atoms with Crippen LogP contribution in [0.4, 0.5) is 11.8 Å². The number of nitrogens with zero attached hydrogens (tertiary/aromatic N) is 3. The predicted molar refractivity (Wildman–Crippen MR) is 83.8 cm³/mol.